The van der Waals surface area contributed by atoms with Crippen molar-refractivity contribution in [3.8, 4) is 5.75 Å². The number of nitrogens with one attached hydrogen (secondary N) is 1. The lowest BCUT2D eigenvalue weighted by atomic mass is 10.1. The van der Waals surface area contributed by atoms with Gasteiger partial charge in [0.2, 0.25) is 10.0 Å². The maximum absolute atomic E-state index is 12.6. The number of nitrogens with zero attached hydrogens (tertiary/aromatic N) is 1. The summed E-state index contributed by atoms with van der Waals surface area (Å²) < 4.78 is 32.4. The maximum Gasteiger partial charge on any atom is 0.255 e. The van der Waals surface area contributed by atoms with Gasteiger partial charge in [-0.25, -0.2) is 8.42 Å². The van der Waals surface area contributed by atoms with E-state index in [4.69, 9.17) is 4.74 Å². The van der Waals surface area contributed by atoms with E-state index >= 15 is 0 Å². The van der Waals surface area contributed by atoms with Crippen LogP contribution in [0.3, 0.4) is 0 Å². The van der Waals surface area contributed by atoms with Gasteiger partial charge in [0.15, 0.2) is 0 Å². The van der Waals surface area contributed by atoms with E-state index in [2.05, 4.69) is 5.32 Å². The molecule has 0 atom stereocenters. The van der Waals surface area contributed by atoms with Crippen molar-refractivity contribution in [2.75, 3.05) is 18.4 Å². The predicted molar refractivity (Wildman–Crippen MR) is 120 cm³/mol. The van der Waals surface area contributed by atoms with Crippen LogP contribution in [0.25, 0.3) is 0 Å². The normalized spacial score (nSPS) is 14.3. The number of hydrogen-bond donors (Lipinski definition) is 1. The highest BCUT2D eigenvalue weighted by atomic mass is 32.2. The molecule has 1 aliphatic heterocycles. The molecular formula is C24H24N2O4S. The van der Waals surface area contributed by atoms with Crippen molar-refractivity contribution in [3.05, 3.63) is 90.0 Å². The zero-order chi connectivity index (χ0) is 21.7. The Balaban J connectivity index is 1.35. The van der Waals surface area contributed by atoms with Gasteiger partial charge in [0, 0.05) is 24.3 Å². The highest BCUT2D eigenvalue weighted by Crippen LogP contribution is 2.22. The largest absolute Gasteiger partial charge is 0.489 e. The van der Waals surface area contributed by atoms with E-state index in [1.165, 1.54) is 16.4 Å². The van der Waals surface area contributed by atoms with Gasteiger partial charge in [-0.3, -0.25) is 4.79 Å². The third-order valence-electron chi connectivity index (χ3n) is 5.18. The summed E-state index contributed by atoms with van der Waals surface area (Å²) in [6.07, 6.45) is 1.79. The first-order chi connectivity index (χ1) is 15.0. The predicted octanol–water partition coefficient (Wildman–Crippen LogP) is 4.30. The van der Waals surface area contributed by atoms with Gasteiger partial charge in [0.25, 0.3) is 5.91 Å². The Morgan fingerprint density at radius 2 is 1.52 bits per heavy atom. The van der Waals surface area contributed by atoms with Gasteiger partial charge >= 0.3 is 0 Å². The zero-order valence-corrected chi connectivity index (χ0v) is 17.8. The summed E-state index contributed by atoms with van der Waals surface area (Å²) in [5.74, 6) is 0.533. The van der Waals surface area contributed by atoms with Crippen LogP contribution in [0.5, 0.6) is 5.75 Å². The standard InChI is InChI=1S/C24H24N2O4S/c27-24(20-10-8-19(9-11-20)18-30-22-6-2-1-3-7-22)25-21-12-14-23(15-13-21)31(28,29)26-16-4-5-17-26/h1-3,6-15H,4-5,16-18H2,(H,25,27). The van der Waals surface area contributed by atoms with Crippen LogP contribution < -0.4 is 10.1 Å². The Kier molecular flexibility index (Phi) is 6.34. The fourth-order valence-electron chi connectivity index (χ4n) is 3.43. The molecule has 3 aromatic rings. The van der Waals surface area contributed by atoms with Gasteiger partial charge in [-0.1, -0.05) is 30.3 Å². The number of anilines is 1. The third-order valence-corrected chi connectivity index (χ3v) is 7.09. The molecule has 0 bridgehead atoms. The molecule has 1 N–H and O–H groups in total. The number of sulfonamides is 1. The van der Waals surface area contributed by atoms with Crippen molar-refractivity contribution >= 4 is 21.6 Å². The molecule has 1 aliphatic rings. The van der Waals surface area contributed by atoms with Crippen molar-refractivity contribution in [3.63, 3.8) is 0 Å². The summed E-state index contributed by atoms with van der Waals surface area (Å²) in [5.41, 5.74) is 2.01. The van der Waals surface area contributed by atoms with E-state index in [1.54, 1.807) is 24.3 Å². The summed E-state index contributed by atoms with van der Waals surface area (Å²) in [6.45, 7) is 1.54. The van der Waals surface area contributed by atoms with Gasteiger partial charge in [0.1, 0.15) is 12.4 Å². The number of ether oxygens (including phenoxy) is 1. The zero-order valence-electron chi connectivity index (χ0n) is 17.0. The number of hydrogen-bond acceptors (Lipinski definition) is 4. The van der Waals surface area contributed by atoms with E-state index in [9.17, 15) is 13.2 Å². The Bertz CT molecular complexity index is 1120. The molecule has 1 heterocycles. The number of carbonyl (C=O) groups excluding carboxylic acids is 1. The van der Waals surface area contributed by atoms with Crippen LogP contribution in [0.15, 0.2) is 83.8 Å². The molecule has 1 fully saturated rings. The van der Waals surface area contributed by atoms with Crippen LogP contribution in [0.2, 0.25) is 0 Å². The molecule has 1 saturated heterocycles. The molecule has 0 unspecified atom stereocenters. The van der Waals surface area contributed by atoms with Gasteiger partial charge in [0.05, 0.1) is 4.90 Å². The molecule has 3 aromatic carbocycles. The first-order valence-corrected chi connectivity index (χ1v) is 11.6. The summed E-state index contributed by atoms with van der Waals surface area (Å²) in [4.78, 5) is 12.8. The second-order valence-electron chi connectivity index (χ2n) is 7.39. The van der Waals surface area contributed by atoms with Crippen molar-refractivity contribution in [1.82, 2.24) is 4.31 Å². The van der Waals surface area contributed by atoms with Gasteiger partial charge in [-0.05, 0) is 66.9 Å². The fourth-order valence-corrected chi connectivity index (χ4v) is 4.94. The number of para-hydroxylation sites is 1. The van der Waals surface area contributed by atoms with Crippen molar-refractivity contribution in [2.45, 2.75) is 24.3 Å². The molecule has 4 rings (SSSR count). The van der Waals surface area contributed by atoms with Crippen LogP contribution >= 0.6 is 0 Å². The minimum Gasteiger partial charge on any atom is -0.489 e. The molecule has 1 amide bonds. The van der Waals surface area contributed by atoms with Crippen LogP contribution in [0.4, 0.5) is 5.69 Å². The van der Waals surface area contributed by atoms with Crippen molar-refractivity contribution in [2.24, 2.45) is 0 Å². The number of rotatable bonds is 7. The molecule has 0 aromatic heterocycles. The molecule has 31 heavy (non-hydrogen) atoms. The average Bonchev–Trinajstić information content (AvgIpc) is 3.35. The lowest BCUT2D eigenvalue weighted by Gasteiger charge is -2.15. The Morgan fingerprint density at radius 1 is 0.871 bits per heavy atom. The van der Waals surface area contributed by atoms with Crippen LogP contribution in [-0.4, -0.2) is 31.7 Å². The highest BCUT2D eigenvalue weighted by molar-refractivity contribution is 7.89. The Labute approximate surface area is 182 Å². The molecule has 0 saturated carbocycles. The molecule has 160 valence electrons. The van der Waals surface area contributed by atoms with Crippen LogP contribution in [0.1, 0.15) is 28.8 Å². The molecular weight excluding hydrogens is 412 g/mol. The first kappa shape index (κ1) is 21.1. The molecule has 0 spiro atoms. The SMILES string of the molecule is O=C(Nc1ccc(S(=O)(=O)N2CCCC2)cc1)c1ccc(COc2ccccc2)cc1. The second-order valence-corrected chi connectivity index (χ2v) is 9.33. The van der Waals surface area contributed by atoms with E-state index in [1.807, 2.05) is 42.5 Å². The van der Waals surface area contributed by atoms with E-state index in [0.29, 0.717) is 30.9 Å². The van der Waals surface area contributed by atoms with E-state index < -0.39 is 10.0 Å². The molecule has 6 nitrogen and oxygen atoms in total. The van der Waals surface area contributed by atoms with E-state index in [-0.39, 0.29) is 10.8 Å². The average molecular weight is 437 g/mol. The summed E-state index contributed by atoms with van der Waals surface area (Å²) in [7, 11) is -3.46. The lowest BCUT2D eigenvalue weighted by Crippen LogP contribution is -2.27. The summed E-state index contributed by atoms with van der Waals surface area (Å²) in [6, 6.07) is 23.0. The maximum atomic E-state index is 12.6. The molecule has 0 aliphatic carbocycles. The Morgan fingerprint density at radius 3 is 2.16 bits per heavy atom. The first-order valence-electron chi connectivity index (χ1n) is 10.2. The van der Waals surface area contributed by atoms with Crippen LogP contribution in [-0.2, 0) is 16.6 Å². The fraction of sp³-hybridized carbons (Fsp3) is 0.208. The smallest absolute Gasteiger partial charge is 0.255 e. The minimum atomic E-state index is -3.46. The minimum absolute atomic E-state index is 0.246. The van der Waals surface area contributed by atoms with E-state index in [0.717, 1.165) is 24.2 Å². The molecule has 7 heteroatoms. The summed E-state index contributed by atoms with van der Waals surface area (Å²) >= 11 is 0. The molecule has 0 radical (unpaired) electrons. The Hall–Kier alpha value is -3.16. The monoisotopic (exact) mass is 436 g/mol. The number of benzene rings is 3. The number of carbonyl (C=O) groups is 1. The van der Waals surface area contributed by atoms with Gasteiger partial charge < -0.3 is 10.1 Å². The highest BCUT2D eigenvalue weighted by Gasteiger charge is 2.26. The lowest BCUT2D eigenvalue weighted by molar-refractivity contribution is 0.102. The van der Waals surface area contributed by atoms with Crippen molar-refractivity contribution < 1.29 is 17.9 Å². The third kappa shape index (κ3) is 5.13. The van der Waals surface area contributed by atoms with Crippen molar-refractivity contribution in [1.29, 1.82) is 0 Å². The van der Waals surface area contributed by atoms with Gasteiger partial charge in [-0.15, -0.1) is 0 Å². The van der Waals surface area contributed by atoms with Gasteiger partial charge in [-0.2, -0.15) is 4.31 Å². The number of amides is 1. The second kappa shape index (κ2) is 9.32. The topological polar surface area (TPSA) is 75.7 Å². The quantitative estimate of drug-likeness (QED) is 0.599. The van der Waals surface area contributed by atoms with Crippen LogP contribution in [0, 0.1) is 0 Å². The summed E-state index contributed by atoms with van der Waals surface area (Å²) in [5, 5.41) is 2.81.